The minimum atomic E-state index is -0.871. The Kier molecular flexibility index (Phi) is 4.96. The van der Waals surface area contributed by atoms with E-state index in [1.54, 1.807) is 6.92 Å². The molecule has 0 bridgehead atoms. The third-order valence-corrected chi connectivity index (χ3v) is 9.47. The maximum atomic E-state index is 11.6. The molecule has 166 valence electrons. The van der Waals surface area contributed by atoms with Gasteiger partial charge in [-0.15, -0.1) is 0 Å². The summed E-state index contributed by atoms with van der Waals surface area (Å²) >= 11 is 0. The molecule has 4 saturated carbocycles. The van der Waals surface area contributed by atoms with Crippen LogP contribution >= 0.6 is 0 Å². The molecule has 0 aromatic heterocycles. The average molecular weight is 408 g/mol. The predicted octanol–water partition coefficient (Wildman–Crippen LogP) is 4.80. The van der Waals surface area contributed by atoms with Crippen LogP contribution in [0.4, 0.5) is 0 Å². The van der Waals surface area contributed by atoms with E-state index in [9.17, 15) is 9.90 Å². The summed E-state index contributed by atoms with van der Waals surface area (Å²) in [5.74, 6) is 1.45. The number of nitrogens with one attached hydrogen (secondary N) is 1. The summed E-state index contributed by atoms with van der Waals surface area (Å²) in [4.78, 5) is 11.6. The van der Waals surface area contributed by atoms with Crippen LogP contribution in [0.3, 0.4) is 0 Å². The number of hydrogen-bond donors (Lipinski definition) is 2. The van der Waals surface area contributed by atoms with Gasteiger partial charge in [-0.2, -0.15) is 0 Å². The number of carboxylic acid groups (broad SMARTS) is 1. The van der Waals surface area contributed by atoms with E-state index in [1.807, 2.05) is 0 Å². The number of carbonyl (C=O) groups is 1. The Bertz CT molecular complexity index is 630. The molecular weight excluding hydrogens is 366 g/mol. The number of aliphatic carboxylic acids is 1. The van der Waals surface area contributed by atoms with Crippen molar-refractivity contribution in [3.05, 3.63) is 0 Å². The van der Waals surface area contributed by atoms with Crippen molar-refractivity contribution in [3.8, 4) is 0 Å². The Morgan fingerprint density at radius 3 is 1.69 bits per heavy atom. The Balaban J connectivity index is 1.57. The molecule has 0 aliphatic heterocycles. The second-order valence-corrected chi connectivity index (χ2v) is 11.9. The van der Waals surface area contributed by atoms with Crippen molar-refractivity contribution >= 4 is 5.97 Å². The van der Waals surface area contributed by atoms with Crippen LogP contribution in [0.25, 0.3) is 0 Å². The van der Waals surface area contributed by atoms with Gasteiger partial charge in [0, 0.05) is 0 Å². The summed E-state index contributed by atoms with van der Waals surface area (Å²) < 4.78 is 13.6. The summed E-state index contributed by atoms with van der Waals surface area (Å²) in [6.07, 6.45) is 6.26. The molecule has 7 atom stereocenters. The van der Waals surface area contributed by atoms with Gasteiger partial charge in [-0.25, -0.2) is 0 Å². The molecule has 5 heteroatoms. The van der Waals surface area contributed by atoms with E-state index < -0.39 is 18.4 Å². The zero-order chi connectivity index (χ0) is 21.4. The van der Waals surface area contributed by atoms with Gasteiger partial charge in [-0.1, -0.05) is 54.4 Å². The second kappa shape index (κ2) is 6.67. The molecule has 0 saturated heterocycles. The van der Waals surface area contributed by atoms with Crippen LogP contribution in [0.5, 0.6) is 0 Å². The van der Waals surface area contributed by atoms with E-state index in [2.05, 4.69) is 46.9 Å². The average Bonchev–Trinajstić information content (AvgIpc) is 3.28. The number of rotatable bonds is 7. The fourth-order valence-electron chi connectivity index (χ4n) is 7.30. The van der Waals surface area contributed by atoms with E-state index in [0.29, 0.717) is 23.7 Å². The Morgan fingerprint density at radius 1 is 0.897 bits per heavy atom. The van der Waals surface area contributed by atoms with Crippen LogP contribution in [0.2, 0.25) is 0 Å². The van der Waals surface area contributed by atoms with Crippen molar-refractivity contribution in [1.82, 2.24) is 5.32 Å². The molecule has 4 aliphatic carbocycles. The predicted molar refractivity (Wildman–Crippen MR) is 112 cm³/mol. The molecule has 29 heavy (non-hydrogen) atoms. The smallest absolute Gasteiger partial charge is 0.320 e. The van der Waals surface area contributed by atoms with Crippen molar-refractivity contribution < 1.29 is 19.4 Å². The first-order chi connectivity index (χ1) is 13.4. The Hall–Kier alpha value is -0.650. The van der Waals surface area contributed by atoms with Gasteiger partial charge >= 0.3 is 5.97 Å². The highest BCUT2D eigenvalue weighted by Crippen LogP contribution is 2.73. The van der Waals surface area contributed by atoms with Crippen LogP contribution < -0.4 is 5.32 Å². The first-order valence-corrected chi connectivity index (χ1v) is 11.7. The van der Waals surface area contributed by atoms with Crippen LogP contribution in [-0.4, -0.2) is 34.7 Å². The standard InChI is InChI=1S/C24H41NO4/c1-14-8-10-17-21(4,5)23(17,12-14)28-20(25-16(3)19(26)27)29-24-13-15(2)9-11-18(24)22(24,6)7/h14-18,20,25H,8-13H2,1-7H3,(H,26,27)/t14?,15?,16-,17?,18?,20?,23?,24?/m0/s1. The van der Waals surface area contributed by atoms with Crippen molar-refractivity contribution in [2.24, 2.45) is 34.5 Å². The van der Waals surface area contributed by atoms with Crippen LogP contribution in [0.1, 0.15) is 87.0 Å². The van der Waals surface area contributed by atoms with Crippen LogP contribution in [-0.2, 0) is 14.3 Å². The van der Waals surface area contributed by atoms with Gasteiger partial charge in [0.25, 0.3) is 0 Å². The molecule has 0 radical (unpaired) electrons. The Morgan fingerprint density at radius 2 is 1.31 bits per heavy atom. The first-order valence-electron chi connectivity index (χ1n) is 11.7. The fraction of sp³-hybridized carbons (Fsp3) is 0.958. The molecule has 5 nitrogen and oxygen atoms in total. The zero-order valence-electron chi connectivity index (χ0n) is 19.4. The van der Waals surface area contributed by atoms with Crippen LogP contribution in [0.15, 0.2) is 0 Å². The highest BCUT2D eigenvalue weighted by Gasteiger charge is 2.76. The summed E-state index contributed by atoms with van der Waals surface area (Å²) in [5, 5.41) is 12.7. The molecule has 0 amide bonds. The molecule has 0 heterocycles. The van der Waals surface area contributed by atoms with E-state index in [0.717, 1.165) is 12.8 Å². The summed E-state index contributed by atoms with van der Waals surface area (Å²) in [6, 6.07) is -0.713. The summed E-state index contributed by atoms with van der Waals surface area (Å²) in [7, 11) is 0. The van der Waals surface area contributed by atoms with Gasteiger partial charge in [-0.3, -0.25) is 10.1 Å². The molecule has 0 aromatic rings. The molecule has 6 unspecified atom stereocenters. The van der Waals surface area contributed by atoms with E-state index in [1.165, 1.54) is 25.7 Å². The maximum Gasteiger partial charge on any atom is 0.320 e. The lowest BCUT2D eigenvalue weighted by Gasteiger charge is -2.37. The molecule has 4 aliphatic rings. The molecule has 4 rings (SSSR count). The minimum absolute atomic E-state index is 0.115. The van der Waals surface area contributed by atoms with E-state index in [-0.39, 0.29) is 22.0 Å². The number of carboxylic acids is 1. The van der Waals surface area contributed by atoms with Crippen molar-refractivity contribution in [3.63, 3.8) is 0 Å². The topological polar surface area (TPSA) is 67.8 Å². The number of ether oxygens (including phenoxy) is 2. The molecule has 0 aromatic carbocycles. The molecule has 0 spiro atoms. The monoisotopic (exact) mass is 407 g/mol. The lowest BCUT2D eigenvalue weighted by Crippen LogP contribution is -2.50. The van der Waals surface area contributed by atoms with Gasteiger partial charge in [0.1, 0.15) is 6.04 Å². The van der Waals surface area contributed by atoms with E-state index >= 15 is 0 Å². The van der Waals surface area contributed by atoms with Crippen molar-refractivity contribution in [2.45, 2.75) is 111 Å². The van der Waals surface area contributed by atoms with Gasteiger partial charge in [0.2, 0.25) is 6.41 Å². The highest BCUT2D eigenvalue weighted by molar-refractivity contribution is 5.72. The third-order valence-electron chi connectivity index (χ3n) is 9.47. The lowest BCUT2D eigenvalue weighted by atomic mass is 9.88. The number of hydrogen-bond acceptors (Lipinski definition) is 4. The summed E-state index contributed by atoms with van der Waals surface area (Å²) in [6.45, 7) is 15.5. The van der Waals surface area contributed by atoms with E-state index in [4.69, 9.17) is 9.47 Å². The maximum absolute atomic E-state index is 11.6. The summed E-state index contributed by atoms with van der Waals surface area (Å²) in [5.41, 5.74) is -0.176. The third kappa shape index (κ3) is 3.10. The Labute approximate surface area is 176 Å². The molecule has 2 N–H and O–H groups in total. The molecule has 4 fully saturated rings. The SMILES string of the molecule is CC1CCC2C(C)(C)C2(OC(N[C@@H](C)C(=O)O)OC23CC(C)CCC2C3(C)C)C1. The van der Waals surface area contributed by atoms with Crippen LogP contribution in [0, 0.1) is 34.5 Å². The van der Waals surface area contributed by atoms with Gasteiger partial charge in [-0.05, 0) is 67.1 Å². The fourth-order valence-corrected chi connectivity index (χ4v) is 7.30. The lowest BCUT2D eigenvalue weighted by molar-refractivity contribution is -0.254. The van der Waals surface area contributed by atoms with Crippen molar-refractivity contribution in [2.75, 3.05) is 0 Å². The number of fused-ring (bicyclic) bond motifs is 2. The quantitative estimate of drug-likeness (QED) is 0.594. The normalized spacial score (nSPS) is 46.2. The first kappa shape index (κ1) is 21.6. The van der Waals surface area contributed by atoms with Gasteiger partial charge < -0.3 is 14.6 Å². The van der Waals surface area contributed by atoms with Gasteiger partial charge in [0.05, 0.1) is 11.2 Å². The largest absolute Gasteiger partial charge is 0.480 e. The van der Waals surface area contributed by atoms with Gasteiger partial charge in [0.15, 0.2) is 0 Å². The molecular formula is C24H41NO4. The zero-order valence-corrected chi connectivity index (χ0v) is 19.4. The minimum Gasteiger partial charge on any atom is -0.480 e. The second-order valence-electron chi connectivity index (χ2n) is 11.9. The highest BCUT2D eigenvalue weighted by atomic mass is 16.7. The van der Waals surface area contributed by atoms with Crippen molar-refractivity contribution in [1.29, 1.82) is 0 Å².